The molecule has 0 bridgehead atoms. The van der Waals surface area contributed by atoms with Gasteiger partial charge in [-0.3, -0.25) is 0 Å². The molecule has 6 nitrogen and oxygen atoms in total. The number of piperidine rings is 1. The van der Waals surface area contributed by atoms with Crippen LogP contribution in [0.5, 0.6) is 0 Å². The molecule has 0 aliphatic carbocycles. The minimum atomic E-state index is -0.431. The molecule has 1 aliphatic heterocycles. The van der Waals surface area contributed by atoms with Gasteiger partial charge in [0, 0.05) is 6.54 Å². The summed E-state index contributed by atoms with van der Waals surface area (Å²) in [5.74, 6) is -0.322. The number of nitrogens with one attached hydrogen (secondary N) is 1. The Bertz CT molecular complexity index is 612. The molecule has 0 aromatic heterocycles. The van der Waals surface area contributed by atoms with Gasteiger partial charge in [-0.2, -0.15) is 0 Å². The highest BCUT2D eigenvalue weighted by molar-refractivity contribution is 5.89. The van der Waals surface area contributed by atoms with Crippen molar-refractivity contribution < 1.29 is 19.2 Å². The van der Waals surface area contributed by atoms with Crippen molar-refractivity contribution >= 4 is 12.1 Å². The molecule has 1 saturated heterocycles. The molecule has 0 saturated carbocycles. The summed E-state index contributed by atoms with van der Waals surface area (Å²) in [4.78, 5) is 29.6. The van der Waals surface area contributed by atoms with E-state index in [1.165, 1.54) is 0 Å². The van der Waals surface area contributed by atoms with Gasteiger partial charge in [0.25, 0.3) is 0 Å². The van der Waals surface area contributed by atoms with Gasteiger partial charge in [-0.25, -0.2) is 9.59 Å². The number of rotatable bonds is 7. The van der Waals surface area contributed by atoms with E-state index in [4.69, 9.17) is 9.57 Å². The Morgan fingerprint density at radius 3 is 2.30 bits per heavy atom. The van der Waals surface area contributed by atoms with E-state index in [9.17, 15) is 9.59 Å². The van der Waals surface area contributed by atoms with Crippen LogP contribution in [0.3, 0.4) is 0 Å². The van der Waals surface area contributed by atoms with Gasteiger partial charge in [-0.1, -0.05) is 18.2 Å². The standard InChI is InChI=1S/C21H32N2O4/c1-20(2)13-10-14-21(3,4)23(20)27-19(25)22-15-8-9-16-26-18(24)17-11-6-5-7-12-17/h5-7,11-12H,8-10,13-16H2,1-4H3,(H,22,25). The fourth-order valence-corrected chi connectivity index (χ4v) is 3.58. The molecular formula is C21H32N2O4. The Morgan fingerprint density at radius 2 is 1.67 bits per heavy atom. The number of benzene rings is 1. The zero-order valence-electron chi connectivity index (χ0n) is 16.9. The van der Waals surface area contributed by atoms with Gasteiger partial charge < -0.3 is 14.9 Å². The van der Waals surface area contributed by atoms with Crippen molar-refractivity contribution in [3.63, 3.8) is 0 Å². The highest BCUT2D eigenvalue weighted by Crippen LogP contribution is 2.38. The van der Waals surface area contributed by atoms with Crippen molar-refractivity contribution in [1.29, 1.82) is 0 Å². The predicted molar refractivity (Wildman–Crippen MR) is 104 cm³/mol. The number of hydroxylamine groups is 2. The van der Waals surface area contributed by atoms with Crippen molar-refractivity contribution in [2.24, 2.45) is 0 Å². The van der Waals surface area contributed by atoms with Crippen molar-refractivity contribution in [2.75, 3.05) is 13.2 Å². The maximum atomic E-state index is 12.2. The van der Waals surface area contributed by atoms with Gasteiger partial charge in [0.1, 0.15) is 0 Å². The molecule has 0 unspecified atom stereocenters. The number of hydrogen-bond donors (Lipinski definition) is 1. The topological polar surface area (TPSA) is 67.9 Å². The van der Waals surface area contributed by atoms with E-state index >= 15 is 0 Å². The molecule has 1 aromatic rings. The van der Waals surface area contributed by atoms with Gasteiger partial charge >= 0.3 is 12.1 Å². The Labute approximate surface area is 162 Å². The molecule has 1 aliphatic rings. The summed E-state index contributed by atoms with van der Waals surface area (Å²) >= 11 is 0. The first-order valence-corrected chi connectivity index (χ1v) is 9.71. The van der Waals surface area contributed by atoms with Crippen molar-refractivity contribution in [2.45, 2.75) is 70.9 Å². The Hall–Kier alpha value is -2.08. The molecule has 1 amide bonds. The van der Waals surface area contributed by atoms with Crippen LogP contribution in [-0.2, 0) is 9.57 Å². The highest BCUT2D eigenvalue weighted by atomic mass is 16.7. The SMILES string of the molecule is CC1(C)CCCC(C)(C)N1OC(=O)NCCCCOC(=O)c1ccccc1. The second-order valence-corrected chi connectivity index (χ2v) is 8.29. The maximum Gasteiger partial charge on any atom is 0.426 e. The molecule has 0 spiro atoms. The number of ether oxygens (including phenoxy) is 1. The van der Waals surface area contributed by atoms with E-state index in [1.807, 2.05) is 11.1 Å². The lowest BCUT2D eigenvalue weighted by molar-refractivity contribution is -0.239. The van der Waals surface area contributed by atoms with Crippen molar-refractivity contribution in [3.8, 4) is 0 Å². The molecule has 150 valence electrons. The largest absolute Gasteiger partial charge is 0.462 e. The van der Waals surface area contributed by atoms with Crippen LogP contribution in [-0.4, -0.2) is 41.4 Å². The first kappa shape index (κ1) is 21.2. The minimum absolute atomic E-state index is 0.176. The van der Waals surface area contributed by atoms with E-state index < -0.39 is 6.09 Å². The minimum Gasteiger partial charge on any atom is -0.462 e. The molecular weight excluding hydrogens is 344 g/mol. The molecule has 0 radical (unpaired) electrons. The van der Waals surface area contributed by atoms with Crippen LogP contribution in [0.2, 0.25) is 0 Å². The van der Waals surface area contributed by atoms with Crippen LogP contribution in [0.15, 0.2) is 30.3 Å². The maximum absolute atomic E-state index is 12.2. The van der Waals surface area contributed by atoms with Crippen LogP contribution >= 0.6 is 0 Å². The Morgan fingerprint density at radius 1 is 1.04 bits per heavy atom. The number of hydrogen-bond acceptors (Lipinski definition) is 5. The molecule has 1 aromatic carbocycles. The molecule has 1 heterocycles. The van der Waals surface area contributed by atoms with Gasteiger partial charge in [-0.05, 0) is 71.9 Å². The summed E-state index contributed by atoms with van der Waals surface area (Å²) < 4.78 is 5.22. The number of amides is 1. The van der Waals surface area contributed by atoms with E-state index in [0.717, 1.165) is 19.3 Å². The van der Waals surface area contributed by atoms with Gasteiger partial charge in [-0.15, -0.1) is 5.06 Å². The number of carbonyl (C=O) groups excluding carboxylic acids is 2. The number of unbranched alkanes of at least 4 members (excludes halogenated alkanes) is 1. The number of carbonyl (C=O) groups is 2. The second kappa shape index (κ2) is 9.22. The van der Waals surface area contributed by atoms with Crippen LogP contribution in [0.25, 0.3) is 0 Å². The van der Waals surface area contributed by atoms with Crippen LogP contribution in [0.1, 0.15) is 70.2 Å². The zero-order chi connectivity index (χ0) is 19.9. The quantitative estimate of drug-likeness (QED) is 0.567. The van der Waals surface area contributed by atoms with Crippen LogP contribution < -0.4 is 5.32 Å². The van der Waals surface area contributed by atoms with E-state index in [1.54, 1.807) is 24.3 Å². The monoisotopic (exact) mass is 376 g/mol. The fourth-order valence-electron chi connectivity index (χ4n) is 3.58. The average Bonchev–Trinajstić information content (AvgIpc) is 2.61. The first-order chi connectivity index (χ1) is 12.7. The lowest BCUT2D eigenvalue weighted by atomic mass is 9.82. The third-order valence-corrected chi connectivity index (χ3v) is 4.93. The second-order valence-electron chi connectivity index (χ2n) is 8.29. The fraction of sp³-hybridized carbons (Fsp3) is 0.619. The first-order valence-electron chi connectivity index (χ1n) is 9.71. The lowest BCUT2D eigenvalue weighted by Crippen LogP contribution is -2.59. The summed E-state index contributed by atoms with van der Waals surface area (Å²) in [6, 6.07) is 8.91. The summed E-state index contributed by atoms with van der Waals surface area (Å²) in [6.45, 7) is 9.21. The molecule has 6 heteroatoms. The van der Waals surface area contributed by atoms with Crippen LogP contribution in [0.4, 0.5) is 4.79 Å². The zero-order valence-corrected chi connectivity index (χ0v) is 16.9. The smallest absolute Gasteiger partial charge is 0.426 e. The molecule has 1 N–H and O–H groups in total. The predicted octanol–water partition coefficient (Wildman–Crippen LogP) is 4.31. The average molecular weight is 376 g/mol. The Balaban J connectivity index is 1.64. The van der Waals surface area contributed by atoms with E-state index in [-0.39, 0.29) is 17.0 Å². The van der Waals surface area contributed by atoms with E-state index in [0.29, 0.717) is 31.6 Å². The van der Waals surface area contributed by atoms with Gasteiger partial charge in [0.2, 0.25) is 0 Å². The normalized spacial score (nSPS) is 18.5. The molecule has 0 atom stereocenters. The molecule has 1 fully saturated rings. The third kappa shape index (κ3) is 6.24. The van der Waals surface area contributed by atoms with Gasteiger partial charge in [0.15, 0.2) is 0 Å². The molecule has 2 rings (SSSR count). The van der Waals surface area contributed by atoms with Crippen molar-refractivity contribution in [1.82, 2.24) is 10.4 Å². The number of esters is 1. The van der Waals surface area contributed by atoms with Gasteiger partial charge in [0.05, 0.1) is 23.2 Å². The highest BCUT2D eigenvalue weighted by Gasteiger charge is 2.44. The summed E-state index contributed by atoms with van der Waals surface area (Å²) in [7, 11) is 0. The Kier molecular flexibility index (Phi) is 7.25. The lowest BCUT2D eigenvalue weighted by Gasteiger charge is -2.50. The van der Waals surface area contributed by atoms with Crippen molar-refractivity contribution in [3.05, 3.63) is 35.9 Å². The summed E-state index contributed by atoms with van der Waals surface area (Å²) in [5, 5.41) is 4.62. The van der Waals surface area contributed by atoms with Crippen LogP contribution in [0, 0.1) is 0 Å². The third-order valence-electron chi connectivity index (χ3n) is 4.93. The summed E-state index contributed by atoms with van der Waals surface area (Å²) in [5.41, 5.74) is 0.195. The summed E-state index contributed by atoms with van der Waals surface area (Å²) in [6.07, 6.45) is 4.08. The molecule has 27 heavy (non-hydrogen) atoms. The number of nitrogens with zero attached hydrogens (tertiary/aromatic N) is 1. The van der Waals surface area contributed by atoms with E-state index in [2.05, 4.69) is 33.0 Å².